The van der Waals surface area contributed by atoms with Gasteiger partial charge < -0.3 is 40.7 Å². The summed E-state index contributed by atoms with van der Waals surface area (Å²) in [7, 11) is 3.98. The van der Waals surface area contributed by atoms with Crippen LogP contribution in [0, 0.1) is 17.8 Å². The van der Waals surface area contributed by atoms with Crippen molar-refractivity contribution < 1.29 is 58.7 Å². The maximum Gasteiger partial charge on any atom is 0.410 e. The standard InChI is InChI=1S/C38H59N3O12/c1-11-22(4)28(39-8)26(42)19-38(52,34(47)48)33(46)37(51,31(44)29(40-9)23(5)12-2)20-27(43)36(7,50)32(45)30(24(6)13-3)41(10)35(49)53-21-25-17-15-14-16-18-25/h14-18,22-24,28-30,39-40,50-52H,11-13,19-21H2,1-10H3,(H,47,48)/t22?,23?,24?,28-,29-,30-,36?,37?,38?/m0/s1. The first-order valence-corrected chi connectivity index (χ1v) is 17.9. The van der Waals surface area contributed by atoms with Crippen LogP contribution >= 0.6 is 0 Å². The number of Topliss-reactive ketones (excluding diaryl/α,β-unsaturated/α-hetero) is 5. The van der Waals surface area contributed by atoms with Crippen molar-refractivity contribution in [1.82, 2.24) is 15.5 Å². The number of hydrogen-bond acceptors (Lipinski definition) is 13. The Kier molecular flexibility index (Phi) is 17.8. The summed E-state index contributed by atoms with van der Waals surface area (Å²) < 4.78 is 5.36. The zero-order chi connectivity index (χ0) is 41.1. The molecule has 0 aromatic heterocycles. The SMILES string of the molecule is CCC(C)[C@H](NC)C(=O)CC(O)(C(=O)O)C(=O)C(O)(CC(=O)C(C)(O)C(=O)[C@H](C(C)CC)N(C)C(=O)OCc1ccccc1)C(=O)[C@@H](NC)C(C)CC. The summed E-state index contributed by atoms with van der Waals surface area (Å²) in [6.07, 6.45) is -2.96. The van der Waals surface area contributed by atoms with Gasteiger partial charge in [0.15, 0.2) is 34.3 Å². The van der Waals surface area contributed by atoms with E-state index in [1.165, 1.54) is 21.1 Å². The van der Waals surface area contributed by atoms with Crippen molar-refractivity contribution in [2.45, 2.75) is 122 Å². The van der Waals surface area contributed by atoms with Gasteiger partial charge in [-0.1, -0.05) is 91.1 Å². The molecule has 0 aliphatic carbocycles. The maximum atomic E-state index is 14.2. The van der Waals surface area contributed by atoms with Crippen molar-refractivity contribution in [3.8, 4) is 0 Å². The Balaban J connectivity index is 3.75. The van der Waals surface area contributed by atoms with E-state index in [1.807, 2.05) is 0 Å². The molecular formula is C38H59N3O12. The number of nitrogens with zero attached hydrogens (tertiary/aromatic N) is 1. The molecule has 0 aliphatic heterocycles. The van der Waals surface area contributed by atoms with Crippen LogP contribution in [0.5, 0.6) is 0 Å². The molecule has 1 amide bonds. The van der Waals surface area contributed by atoms with Crippen LogP contribution in [-0.4, -0.2) is 122 Å². The van der Waals surface area contributed by atoms with E-state index in [0.29, 0.717) is 18.4 Å². The first-order chi connectivity index (χ1) is 24.6. The second-order valence-corrected chi connectivity index (χ2v) is 14.2. The Labute approximate surface area is 311 Å². The molecule has 0 saturated carbocycles. The second kappa shape index (κ2) is 20.0. The highest BCUT2D eigenvalue weighted by Crippen LogP contribution is 2.32. The fraction of sp³-hybridized carbons (Fsp3) is 0.658. The Morgan fingerprint density at radius 1 is 0.755 bits per heavy atom. The summed E-state index contributed by atoms with van der Waals surface area (Å²) in [5.74, 6) is -11.2. The van der Waals surface area contributed by atoms with Crippen molar-refractivity contribution >= 4 is 41.0 Å². The topological polar surface area (TPSA) is 237 Å². The molecule has 1 aromatic carbocycles. The maximum absolute atomic E-state index is 14.2. The van der Waals surface area contributed by atoms with Gasteiger partial charge in [-0.2, -0.15) is 0 Å². The number of rotatable bonds is 24. The van der Waals surface area contributed by atoms with E-state index in [4.69, 9.17) is 4.74 Å². The van der Waals surface area contributed by atoms with Gasteiger partial charge in [0.2, 0.25) is 11.4 Å². The number of ketones is 5. The number of likely N-dealkylation sites (N-methyl/N-ethyl adjacent to an activating group) is 3. The third kappa shape index (κ3) is 10.8. The highest BCUT2D eigenvalue weighted by Gasteiger charge is 2.62. The molecule has 0 fully saturated rings. The molecule has 0 heterocycles. The fourth-order valence-electron chi connectivity index (χ4n) is 6.21. The van der Waals surface area contributed by atoms with Crippen LogP contribution in [0.25, 0.3) is 0 Å². The summed E-state index contributed by atoms with van der Waals surface area (Å²) in [6.45, 7) is 10.6. The van der Waals surface area contributed by atoms with Gasteiger partial charge in [-0.15, -0.1) is 0 Å². The van der Waals surface area contributed by atoms with Gasteiger partial charge in [0.1, 0.15) is 6.61 Å². The largest absolute Gasteiger partial charge is 0.479 e. The van der Waals surface area contributed by atoms with E-state index in [0.717, 1.165) is 11.8 Å². The number of nitrogens with one attached hydrogen (secondary N) is 2. The van der Waals surface area contributed by atoms with Crippen molar-refractivity contribution in [2.75, 3.05) is 21.1 Å². The van der Waals surface area contributed by atoms with Gasteiger partial charge in [-0.3, -0.25) is 24.0 Å². The Bertz CT molecular complexity index is 1470. The molecule has 0 aliphatic rings. The first kappa shape index (κ1) is 47.1. The average molecular weight is 750 g/mol. The third-order valence-corrected chi connectivity index (χ3v) is 10.4. The van der Waals surface area contributed by atoms with Gasteiger partial charge in [0.25, 0.3) is 0 Å². The fourth-order valence-corrected chi connectivity index (χ4v) is 6.21. The zero-order valence-corrected chi connectivity index (χ0v) is 32.6. The van der Waals surface area contributed by atoms with Gasteiger partial charge >= 0.3 is 12.1 Å². The number of carboxylic acids is 1. The minimum absolute atomic E-state index is 0.151. The number of amides is 1. The lowest BCUT2D eigenvalue weighted by atomic mass is 9.71. The third-order valence-electron chi connectivity index (χ3n) is 10.4. The smallest absolute Gasteiger partial charge is 0.410 e. The van der Waals surface area contributed by atoms with Gasteiger partial charge in [0, 0.05) is 7.05 Å². The van der Waals surface area contributed by atoms with Crippen molar-refractivity contribution in [3.05, 3.63) is 35.9 Å². The van der Waals surface area contributed by atoms with Crippen molar-refractivity contribution in [3.63, 3.8) is 0 Å². The van der Waals surface area contributed by atoms with Crippen LogP contribution in [-0.2, 0) is 40.1 Å². The van der Waals surface area contributed by atoms with E-state index in [1.54, 1.807) is 71.9 Å². The van der Waals surface area contributed by atoms with Gasteiger partial charge in [0.05, 0.1) is 31.0 Å². The normalized spacial score (nSPS) is 18.4. The molecule has 0 bridgehead atoms. The lowest BCUT2D eigenvalue weighted by molar-refractivity contribution is -0.181. The summed E-state index contributed by atoms with van der Waals surface area (Å²) in [4.78, 5) is 96.3. The Morgan fingerprint density at radius 3 is 1.70 bits per heavy atom. The summed E-state index contributed by atoms with van der Waals surface area (Å²) in [6, 6.07) is 4.77. The molecule has 0 spiro atoms. The molecule has 15 nitrogen and oxygen atoms in total. The van der Waals surface area contributed by atoms with Crippen LogP contribution in [0.3, 0.4) is 0 Å². The first-order valence-electron chi connectivity index (χ1n) is 17.9. The molecule has 9 atom stereocenters. The number of hydrogen-bond donors (Lipinski definition) is 6. The molecule has 6 unspecified atom stereocenters. The van der Waals surface area contributed by atoms with Gasteiger partial charge in [-0.05, 0) is 44.3 Å². The molecule has 298 valence electrons. The highest BCUT2D eigenvalue weighted by atomic mass is 16.6. The van der Waals surface area contributed by atoms with Crippen molar-refractivity contribution in [1.29, 1.82) is 0 Å². The molecule has 1 rings (SSSR count). The Morgan fingerprint density at radius 2 is 1.25 bits per heavy atom. The van der Waals surface area contributed by atoms with Crippen molar-refractivity contribution in [2.24, 2.45) is 17.8 Å². The predicted octanol–water partition coefficient (Wildman–Crippen LogP) is 1.86. The van der Waals surface area contributed by atoms with Crippen LogP contribution in [0.2, 0.25) is 0 Å². The van der Waals surface area contributed by atoms with E-state index in [2.05, 4.69) is 10.6 Å². The van der Waals surface area contributed by atoms with E-state index in [-0.39, 0.29) is 18.9 Å². The van der Waals surface area contributed by atoms with E-state index >= 15 is 0 Å². The van der Waals surface area contributed by atoms with E-state index < -0.39 is 101 Å². The number of carboxylic acid groups (broad SMARTS) is 1. The molecule has 15 heteroatoms. The monoisotopic (exact) mass is 749 g/mol. The second-order valence-electron chi connectivity index (χ2n) is 14.2. The number of carbonyl (C=O) groups is 7. The van der Waals surface area contributed by atoms with Crippen LogP contribution in [0.4, 0.5) is 4.79 Å². The average Bonchev–Trinajstić information content (AvgIpc) is 3.13. The predicted molar refractivity (Wildman–Crippen MR) is 195 cm³/mol. The Hall–Kier alpha value is -3.89. The quantitative estimate of drug-likeness (QED) is 0.0828. The zero-order valence-electron chi connectivity index (χ0n) is 32.6. The molecule has 53 heavy (non-hydrogen) atoms. The lowest BCUT2D eigenvalue weighted by Crippen LogP contribution is -2.67. The number of aliphatic hydroxyl groups is 3. The molecule has 6 N–H and O–H groups in total. The molecule has 0 radical (unpaired) electrons. The highest BCUT2D eigenvalue weighted by molar-refractivity contribution is 6.25. The van der Waals surface area contributed by atoms with Crippen LogP contribution in [0.1, 0.15) is 86.1 Å². The number of ether oxygens (including phenoxy) is 1. The van der Waals surface area contributed by atoms with Crippen LogP contribution < -0.4 is 10.6 Å². The molecule has 0 saturated heterocycles. The van der Waals surface area contributed by atoms with Crippen LogP contribution in [0.15, 0.2) is 30.3 Å². The number of aliphatic carboxylic acids is 1. The van der Waals surface area contributed by atoms with E-state index in [9.17, 15) is 54.0 Å². The number of benzene rings is 1. The summed E-state index contributed by atoms with van der Waals surface area (Å²) in [5.41, 5.74) is -9.80. The summed E-state index contributed by atoms with van der Waals surface area (Å²) >= 11 is 0. The number of carbonyl (C=O) groups excluding carboxylic acids is 6. The summed E-state index contributed by atoms with van der Waals surface area (Å²) in [5, 5.41) is 50.5. The minimum atomic E-state index is -3.71. The minimum Gasteiger partial charge on any atom is -0.479 e. The molecular weight excluding hydrogens is 690 g/mol. The molecule has 1 aromatic rings. The lowest BCUT2D eigenvalue weighted by Gasteiger charge is -2.38. The van der Waals surface area contributed by atoms with Gasteiger partial charge in [-0.25, -0.2) is 9.59 Å².